The first-order chi connectivity index (χ1) is 29.1. The summed E-state index contributed by atoms with van der Waals surface area (Å²) in [4.78, 5) is 54.5. The molecule has 4 N–H and O–H groups in total. The Kier molecular flexibility index (Phi) is 16.6. The molecular weight excluding hydrogens is 850 g/mol. The number of carbonyl (C=O) groups is 2. The van der Waals surface area contributed by atoms with Gasteiger partial charge < -0.3 is 45.2 Å². The van der Waals surface area contributed by atoms with Gasteiger partial charge in [-0.2, -0.15) is 9.97 Å². The van der Waals surface area contributed by atoms with Gasteiger partial charge in [0.1, 0.15) is 34.3 Å². The van der Waals surface area contributed by atoms with Gasteiger partial charge in [-0.25, -0.2) is 19.6 Å². The number of methoxy groups -OCH3 is 2. The number of esters is 1. The predicted octanol–water partition coefficient (Wildman–Crippen LogP) is 4.03. The number of carboxylic acid groups (broad SMARTS) is 1. The number of ether oxygens (including phenoxy) is 3. The van der Waals surface area contributed by atoms with Gasteiger partial charge in [0.15, 0.2) is 0 Å². The van der Waals surface area contributed by atoms with E-state index in [4.69, 9.17) is 37.4 Å². The van der Waals surface area contributed by atoms with Crippen LogP contribution in [0.5, 0.6) is 11.5 Å². The second-order valence-corrected chi connectivity index (χ2v) is 14.3. The fraction of sp³-hybridized carbons (Fsp3) is 0.238. The minimum atomic E-state index is -1.10. The Morgan fingerprint density at radius 2 is 1.18 bits per heavy atom. The summed E-state index contributed by atoms with van der Waals surface area (Å²) < 4.78 is 15.5. The maximum atomic E-state index is 12.4. The number of aromatic carboxylic acids is 1. The largest absolute Gasteiger partial charge is 1.00 e. The Morgan fingerprint density at radius 3 is 1.60 bits per heavy atom. The number of hydrogen-bond donors (Lipinski definition) is 3. The van der Waals surface area contributed by atoms with Crippen molar-refractivity contribution in [2.75, 3.05) is 41.3 Å². The van der Waals surface area contributed by atoms with Crippen molar-refractivity contribution in [2.24, 2.45) is 0 Å². The van der Waals surface area contributed by atoms with E-state index in [0.717, 1.165) is 33.6 Å². The molecule has 6 aromatic rings. The molecule has 2 aliphatic heterocycles. The van der Waals surface area contributed by atoms with E-state index in [9.17, 15) is 14.7 Å². The number of carbonyl (C=O) groups excluding carboxylic acids is 1. The third kappa shape index (κ3) is 11.2. The molecule has 20 heteroatoms. The van der Waals surface area contributed by atoms with Gasteiger partial charge in [-0.3, -0.25) is 9.97 Å². The van der Waals surface area contributed by atoms with Gasteiger partial charge in [0, 0.05) is 51.0 Å². The van der Waals surface area contributed by atoms with Crippen LogP contribution < -0.4 is 59.5 Å². The first kappa shape index (κ1) is 47.2. The smallest absolute Gasteiger partial charge is 0.870 e. The number of pyridine rings is 2. The van der Waals surface area contributed by atoms with Crippen LogP contribution >= 0.6 is 23.2 Å². The zero-order valence-corrected chi connectivity index (χ0v) is 37.8. The Morgan fingerprint density at radius 1 is 0.710 bits per heavy atom. The minimum Gasteiger partial charge on any atom is -0.870 e. The maximum absolute atomic E-state index is 12.4. The van der Waals surface area contributed by atoms with E-state index in [2.05, 4.69) is 40.5 Å². The van der Waals surface area contributed by atoms with E-state index in [-0.39, 0.29) is 58.6 Å². The number of carboxylic acids is 1. The van der Waals surface area contributed by atoms with E-state index < -0.39 is 11.9 Å². The molecule has 0 bridgehead atoms. The van der Waals surface area contributed by atoms with E-state index >= 15 is 0 Å². The number of hydrogen-bond acceptors (Lipinski definition) is 16. The second-order valence-electron chi connectivity index (χ2n) is 13.5. The van der Waals surface area contributed by atoms with Gasteiger partial charge >= 0.3 is 41.5 Å². The fourth-order valence-electron chi connectivity index (χ4n) is 6.53. The zero-order valence-electron chi connectivity index (χ0n) is 34.3. The SMILES string of the molecule is CCOC(=O)c1cnc(N2Cc3cccnc3C2)nc1NCc1ccc(OC)c(Cl)c1.COc1ccc(CNc2nc(N3Cc4cccnc4C3)ncc2C(=O)O)cc1Cl.[Na+].[OH-]. The molecule has 0 unspecified atom stereocenters. The maximum Gasteiger partial charge on any atom is 1.00 e. The normalized spacial score (nSPS) is 12.1. The fourth-order valence-corrected chi connectivity index (χ4v) is 7.09. The predicted molar refractivity (Wildman–Crippen MR) is 228 cm³/mol. The summed E-state index contributed by atoms with van der Waals surface area (Å²) in [6.45, 7) is 5.27. The molecule has 0 saturated carbocycles. The first-order valence-corrected chi connectivity index (χ1v) is 19.5. The second kappa shape index (κ2) is 21.8. The van der Waals surface area contributed by atoms with Crippen LogP contribution in [0.4, 0.5) is 23.5 Å². The summed E-state index contributed by atoms with van der Waals surface area (Å²) in [5.74, 6) is 1.22. The molecule has 17 nitrogen and oxygen atoms in total. The number of nitrogens with one attached hydrogen (secondary N) is 2. The summed E-state index contributed by atoms with van der Waals surface area (Å²) in [6.07, 6.45) is 6.36. The molecule has 6 heterocycles. The van der Waals surface area contributed by atoms with Crippen LogP contribution in [-0.2, 0) is 44.0 Å². The third-order valence-corrected chi connectivity index (χ3v) is 10.2. The number of nitrogens with zero attached hydrogens (tertiary/aromatic N) is 8. The van der Waals surface area contributed by atoms with E-state index in [0.29, 0.717) is 78.5 Å². The quantitative estimate of drug-likeness (QED) is 0.110. The van der Waals surface area contributed by atoms with E-state index in [1.54, 1.807) is 51.7 Å². The molecule has 0 saturated heterocycles. The summed E-state index contributed by atoms with van der Waals surface area (Å²) >= 11 is 12.4. The standard InChI is InChI=1S/C22H22ClN5O3.C20H18ClN5O3.Na.H2O/c1-3-31-21(29)16-11-26-22(28-12-15-5-4-8-24-18(15)13-28)27-20(16)25-10-14-6-7-19(30-2)17(23)9-14;1-29-17-5-4-12(7-15(17)21)8-23-18-14(19(27)28)9-24-20(25-18)26-10-13-3-2-6-22-16(13)11-26;;/h4-9,11H,3,10,12-13H2,1-2H3,(H,25,26,27);2-7,9H,8,10-11H2,1H3,(H,27,28)(H,23,24,25);;1H2/q;;+1;/p-1. The molecule has 316 valence electrons. The number of rotatable bonds is 13. The molecule has 0 amide bonds. The van der Waals surface area contributed by atoms with Crippen molar-refractivity contribution in [3.8, 4) is 11.5 Å². The van der Waals surface area contributed by atoms with Crippen molar-refractivity contribution < 1.29 is 63.9 Å². The molecule has 2 aliphatic rings. The Hall–Kier alpha value is -5.82. The van der Waals surface area contributed by atoms with Gasteiger partial charge in [-0.15, -0.1) is 0 Å². The molecule has 0 spiro atoms. The Bertz CT molecular complexity index is 2490. The third-order valence-electron chi connectivity index (χ3n) is 9.57. The van der Waals surface area contributed by atoms with Gasteiger partial charge in [0.25, 0.3) is 0 Å². The number of halogens is 2. The van der Waals surface area contributed by atoms with Gasteiger partial charge in [0.05, 0.1) is 55.3 Å². The van der Waals surface area contributed by atoms with Gasteiger partial charge in [-0.05, 0) is 65.6 Å². The average molecular weight is 892 g/mol. The van der Waals surface area contributed by atoms with E-state index in [1.807, 2.05) is 52.3 Å². The number of anilines is 4. The van der Waals surface area contributed by atoms with Crippen LogP contribution in [0.3, 0.4) is 0 Å². The van der Waals surface area contributed by atoms with Crippen LogP contribution in [0.15, 0.2) is 85.5 Å². The minimum absolute atomic E-state index is 0. The van der Waals surface area contributed by atoms with Gasteiger partial charge in [0.2, 0.25) is 11.9 Å². The van der Waals surface area contributed by atoms with Crippen molar-refractivity contribution in [3.63, 3.8) is 0 Å². The van der Waals surface area contributed by atoms with Crippen LogP contribution in [-0.4, -0.2) is 73.3 Å². The van der Waals surface area contributed by atoms with Crippen LogP contribution in [0.25, 0.3) is 0 Å². The molecule has 8 rings (SSSR count). The van der Waals surface area contributed by atoms with Gasteiger partial charge in [-0.1, -0.05) is 47.5 Å². The molecule has 4 aromatic heterocycles. The van der Waals surface area contributed by atoms with Crippen molar-refractivity contribution in [2.45, 2.75) is 46.2 Å². The molecule has 0 fully saturated rings. The van der Waals surface area contributed by atoms with Crippen molar-refractivity contribution >= 4 is 58.7 Å². The van der Waals surface area contributed by atoms with Crippen molar-refractivity contribution in [1.82, 2.24) is 29.9 Å². The summed E-state index contributed by atoms with van der Waals surface area (Å²) in [7, 11) is 3.12. The molecular formula is C42H41Cl2N10NaO7. The molecule has 62 heavy (non-hydrogen) atoms. The van der Waals surface area contributed by atoms with Crippen molar-refractivity contribution in [1.29, 1.82) is 0 Å². The summed E-state index contributed by atoms with van der Waals surface area (Å²) in [5.41, 5.74) is 6.29. The van der Waals surface area contributed by atoms with E-state index in [1.165, 1.54) is 12.4 Å². The number of aromatic nitrogens is 6. The number of benzene rings is 2. The molecule has 0 radical (unpaired) electrons. The number of fused-ring (bicyclic) bond motifs is 2. The average Bonchev–Trinajstić information content (AvgIpc) is 3.90. The van der Waals surface area contributed by atoms with Crippen LogP contribution in [0.2, 0.25) is 10.0 Å². The Balaban J connectivity index is 0.000000227. The summed E-state index contributed by atoms with van der Waals surface area (Å²) in [5, 5.41) is 16.8. The Labute approximate surface area is 389 Å². The monoisotopic (exact) mass is 890 g/mol. The van der Waals surface area contributed by atoms with Crippen molar-refractivity contribution in [3.05, 3.63) is 140 Å². The molecule has 0 atom stereocenters. The van der Waals surface area contributed by atoms with Crippen LogP contribution in [0, 0.1) is 0 Å². The summed E-state index contributed by atoms with van der Waals surface area (Å²) in [6, 6.07) is 18.7. The zero-order chi connectivity index (χ0) is 42.2. The van der Waals surface area contributed by atoms with Crippen LogP contribution in [0.1, 0.15) is 61.3 Å². The molecule has 0 aliphatic carbocycles. The topological polar surface area (TPSA) is 220 Å². The first-order valence-electron chi connectivity index (χ1n) is 18.8. The molecule has 2 aromatic carbocycles.